The zero-order valence-electron chi connectivity index (χ0n) is 13.4. The Morgan fingerprint density at radius 1 is 1.21 bits per heavy atom. The quantitative estimate of drug-likeness (QED) is 0.400. The van der Waals surface area contributed by atoms with Crippen molar-refractivity contribution >= 4 is 22.7 Å². The molecule has 0 N–H and O–H groups in total. The molecule has 0 aliphatic carbocycles. The molecule has 0 saturated heterocycles. The Morgan fingerprint density at radius 2 is 2.04 bits per heavy atom. The number of para-hydroxylation sites is 1. The van der Waals surface area contributed by atoms with Crippen molar-refractivity contribution in [2.75, 3.05) is 5.75 Å². The van der Waals surface area contributed by atoms with Gasteiger partial charge in [0.2, 0.25) is 0 Å². The van der Waals surface area contributed by atoms with Crippen LogP contribution in [0.4, 0.5) is 0 Å². The Bertz CT molecular complexity index is 972. The van der Waals surface area contributed by atoms with Crippen molar-refractivity contribution in [3.63, 3.8) is 0 Å². The van der Waals surface area contributed by atoms with Crippen molar-refractivity contribution in [3.8, 4) is 11.8 Å². The number of thioether (sulfide) groups is 1. The Hall–Kier alpha value is -2.58. The predicted octanol–water partition coefficient (Wildman–Crippen LogP) is 4.09. The molecular weight excluding hydrogens is 318 g/mol. The highest BCUT2D eigenvalue weighted by atomic mass is 32.2. The van der Waals surface area contributed by atoms with Gasteiger partial charge in [-0.25, -0.2) is 4.98 Å². The Balaban J connectivity index is 2.14. The van der Waals surface area contributed by atoms with E-state index in [-0.39, 0.29) is 5.56 Å². The van der Waals surface area contributed by atoms with Crippen molar-refractivity contribution in [1.82, 2.24) is 9.55 Å². The first-order chi connectivity index (χ1) is 11.7. The highest BCUT2D eigenvalue weighted by Gasteiger charge is 2.13. The number of fused-ring (bicyclic) bond motifs is 1. The lowest BCUT2D eigenvalue weighted by molar-refractivity contribution is 0.816. The molecule has 0 aliphatic rings. The summed E-state index contributed by atoms with van der Waals surface area (Å²) in [6.45, 7) is 2.00. The van der Waals surface area contributed by atoms with Crippen LogP contribution < -0.4 is 5.56 Å². The lowest BCUT2D eigenvalue weighted by Crippen LogP contribution is -2.21. The van der Waals surface area contributed by atoms with Crippen LogP contribution in [-0.4, -0.2) is 15.3 Å². The molecule has 1 aromatic heterocycles. The Labute approximate surface area is 144 Å². The highest BCUT2D eigenvalue weighted by Crippen LogP contribution is 2.22. The molecule has 0 fully saturated rings. The molecule has 0 amide bonds. The fraction of sp³-hybridized carbons (Fsp3) is 0.211. The molecule has 120 valence electrons. The fourth-order valence-corrected chi connectivity index (χ4v) is 3.47. The van der Waals surface area contributed by atoms with Crippen LogP contribution in [0.5, 0.6) is 0 Å². The minimum Gasteiger partial charge on any atom is -0.268 e. The van der Waals surface area contributed by atoms with Gasteiger partial charge in [-0.1, -0.05) is 36.0 Å². The van der Waals surface area contributed by atoms with Gasteiger partial charge in [0.15, 0.2) is 5.16 Å². The van der Waals surface area contributed by atoms with Crippen LogP contribution >= 0.6 is 11.8 Å². The highest BCUT2D eigenvalue weighted by molar-refractivity contribution is 7.99. The third-order valence-corrected chi connectivity index (χ3v) is 4.69. The van der Waals surface area contributed by atoms with E-state index in [9.17, 15) is 4.79 Å². The molecule has 0 atom stereocenters. The van der Waals surface area contributed by atoms with Gasteiger partial charge in [0.25, 0.3) is 5.56 Å². The lowest BCUT2D eigenvalue weighted by Gasteiger charge is -2.13. The summed E-state index contributed by atoms with van der Waals surface area (Å²) in [5, 5.41) is 9.96. The van der Waals surface area contributed by atoms with Crippen LogP contribution in [0.25, 0.3) is 16.6 Å². The standard InChI is InChI=1S/C19H17N3OS/c1-14-7-6-8-15(13-14)22-18(23)16-9-2-3-10-17(16)21-19(22)24-12-5-4-11-20/h2-3,6-10,13H,4-5,12H2,1H3. The maximum absolute atomic E-state index is 13.0. The number of nitrogens with zero attached hydrogens (tertiary/aromatic N) is 3. The number of benzene rings is 2. The molecule has 0 unspecified atom stereocenters. The SMILES string of the molecule is Cc1cccc(-n2c(SCCCC#N)nc3ccccc3c2=O)c1. The van der Waals surface area contributed by atoms with Gasteiger partial charge in [0.05, 0.1) is 22.7 Å². The molecule has 24 heavy (non-hydrogen) atoms. The van der Waals surface area contributed by atoms with Gasteiger partial charge in [-0.15, -0.1) is 0 Å². The summed E-state index contributed by atoms with van der Waals surface area (Å²) >= 11 is 1.52. The first-order valence-corrected chi connectivity index (χ1v) is 8.78. The summed E-state index contributed by atoms with van der Waals surface area (Å²) in [7, 11) is 0. The summed E-state index contributed by atoms with van der Waals surface area (Å²) in [4.78, 5) is 17.7. The molecule has 3 rings (SSSR count). The van der Waals surface area contributed by atoms with Crippen LogP contribution in [0, 0.1) is 18.3 Å². The monoisotopic (exact) mass is 335 g/mol. The number of rotatable bonds is 5. The molecule has 0 saturated carbocycles. The van der Waals surface area contributed by atoms with Gasteiger partial charge in [-0.05, 0) is 43.2 Å². The molecule has 0 spiro atoms. The number of nitriles is 1. The van der Waals surface area contributed by atoms with E-state index in [1.165, 1.54) is 11.8 Å². The smallest absolute Gasteiger partial charge is 0.266 e. The Morgan fingerprint density at radius 3 is 2.83 bits per heavy atom. The van der Waals surface area contributed by atoms with Gasteiger partial charge >= 0.3 is 0 Å². The molecule has 0 radical (unpaired) electrons. The zero-order chi connectivity index (χ0) is 16.9. The summed E-state index contributed by atoms with van der Waals surface area (Å²) in [5.74, 6) is 0.754. The van der Waals surface area contributed by atoms with Crippen molar-refractivity contribution < 1.29 is 0 Å². The van der Waals surface area contributed by atoms with E-state index in [1.54, 1.807) is 10.6 Å². The average molecular weight is 335 g/mol. The van der Waals surface area contributed by atoms with Crippen LogP contribution in [0.2, 0.25) is 0 Å². The molecule has 2 aromatic carbocycles. The van der Waals surface area contributed by atoms with Gasteiger partial charge < -0.3 is 0 Å². The van der Waals surface area contributed by atoms with Crippen molar-refractivity contribution in [3.05, 3.63) is 64.4 Å². The van der Waals surface area contributed by atoms with Crippen LogP contribution in [0.1, 0.15) is 18.4 Å². The van der Waals surface area contributed by atoms with E-state index >= 15 is 0 Å². The van der Waals surface area contributed by atoms with Crippen molar-refractivity contribution in [2.24, 2.45) is 0 Å². The van der Waals surface area contributed by atoms with E-state index in [0.717, 1.165) is 23.4 Å². The summed E-state index contributed by atoms with van der Waals surface area (Å²) in [5.41, 5.74) is 2.55. The van der Waals surface area contributed by atoms with Crippen molar-refractivity contribution in [1.29, 1.82) is 5.26 Å². The molecule has 1 heterocycles. The van der Waals surface area contributed by atoms with Gasteiger partial charge in [-0.3, -0.25) is 9.36 Å². The number of unbranched alkanes of at least 4 members (excludes halogenated alkanes) is 1. The third-order valence-electron chi connectivity index (χ3n) is 3.67. The van der Waals surface area contributed by atoms with Crippen molar-refractivity contribution in [2.45, 2.75) is 24.9 Å². The van der Waals surface area contributed by atoms with E-state index in [2.05, 4.69) is 11.1 Å². The van der Waals surface area contributed by atoms with Gasteiger partial charge in [0.1, 0.15) is 0 Å². The van der Waals surface area contributed by atoms with Crippen LogP contribution in [0.3, 0.4) is 0 Å². The normalized spacial score (nSPS) is 10.7. The minimum absolute atomic E-state index is 0.0611. The molecular formula is C19H17N3OS. The third kappa shape index (κ3) is 3.34. The van der Waals surface area contributed by atoms with Crippen LogP contribution in [0.15, 0.2) is 58.5 Å². The van der Waals surface area contributed by atoms with Gasteiger partial charge in [-0.2, -0.15) is 5.26 Å². The molecule has 5 heteroatoms. The Kier molecular flexibility index (Phi) is 4.97. The molecule has 4 nitrogen and oxygen atoms in total. The summed E-state index contributed by atoms with van der Waals surface area (Å²) < 4.78 is 1.67. The second-order valence-electron chi connectivity index (χ2n) is 5.50. The molecule has 0 aliphatic heterocycles. The summed E-state index contributed by atoms with van der Waals surface area (Å²) in [6.07, 6.45) is 1.28. The molecule has 3 aromatic rings. The van der Waals surface area contributed by atoms with Crippen LogP contribution in [-0.2, 0) is 0 Å². The second-order valence-corrected chi connectivity index (χ2v) is 6.56. The number of aryl methyl sites for hydroxylation is 1. The maximum atomic E-state index is 13.0. The van der Waals surface area contributed by atoms with E-state index in [0.29, 0.717) is 22.5 Å². The zero-order valence-corrected chi connectivity index (χ0v) is 14.2. The summed E-state index contributed by atoms with van der Waals surface area (Å²) in [6, 6.07) is 17.4. The fourth-order valence-electron chi connectivity index (χ4n) is 2.52. The topological polar surface area (TPSA) is 58.7 Å². The number of aromatic nitrogens is 2. The van der Waals surface area contributed by atoms with Gasteiger partial charge in [0, 0.05) is 12.2 Å². The first-order valence-electron chi connectivity index (χ1n) is 7.79. The number of hydrogen-bond donors (Lipinski definition) is 0. The lowest BCUT2D eigenvalue weighted by atomic mass is 10.2. The largest absolute Gasteiger partial charge is 0.268 e. The van der Waals surface area contributed by atoms with E-state index in [4.69, 9.17) is 5.26 Å². The maximum Gasteiger partial charge on any atom is 0.266 e. The molecule has 0 bridgehead atoms. The van der Waals surface area contributed by atoms with E-state index < -0.39 is 0 Å². The number of hydrogen-bond acceptors (Lipinski definition) is 4. The first kappa shape index (κ1) is 16.3. The average Bonchev–Trinajstić information content (AvgIpc) is 2.59. The predicted molar refractivity (Wildman–Crippen MR) is 97.6 cm³/mol. The second kappa shape index (κ2) is 7.33. The van der Waals surface area contributed by atoms with E-state index in [1.807, 2.05) is 49.4 Å². The minimum atomic E-state index is -0.0611.